The Morgan fingerprint density at radius 2 is 1.86 bits per heavy atom. The minimum absolute atomic E-state index is 0.109. The van der Waals surface area contributed by atoms with Crippen molar-refractivity contribution < 1.29 is 4.79 Å². The molecule has 1 amide bonds. The Balaban J connectivity index is 1.55. The molecule has 0 radical (unpaired) electrons. The van der Waals surface area contributed by atoms with Gasteiger partial charge in [0, 0.05) is 6.04 Å². The smallest absolute Gasteiger partial charge is 0.233 e. The van der Waals surface area contributed by atoms with Gasteiger partial charge in [-0.2, -0.15) is 0 Å². The Hall–Kier alpha value is -1.11. The third-order valence-corrected chi connectivity index (χ3v) is 5.78. The largest absolute Gasteiger partial charge is 0.352 e. The molecule has 1 atom stereocenters. The first-order valence-corrected chi connectivity index (χ1v) is 9.37. The molecule has 0 saturated heterocycles. The van der Waals surface area contributed by atoms with Gasteiger partial charge in [-0.15, -0.1) is 5.10 Å². The highest BCUT2D eigenvalue weighted by molar-refractivity contribution is 8.00. The number of hydrogen-bond acceptors (Lipinski definition) is 5. The van der Waals surface area contributed by atoms with Gasteiger partial charge in [0.05, 0.1) is 11.3 Å². The van der Waals surface area contributed by atoms with Gasteiger partial charge in [0.1, 0.15) is 0 Å². The molecule has 1 N–H and O–H groups in total. The Labute approximate surface area is 135 Å². The second kappa shape index (κ2) is 7.44. The maximum absolute atomic E-state index is 12.4. The molecular formula is C15H25N5OS. The van der Waals surface area contributed by atoms with Crippen LogP contribution in [-0.2, 0) is 4.79 Å². The fourth-order valence-electron chi connectivity index (χ4n) is 3.42. The molecule has 2 saturated carbocycles. The first kappa shape index (κ1) is 15.8. The number of tetrazole rings is 1. The number of nitrogens with zero attached hydrogens (tertiary/aromatic N) is 4. The molecule has 1 aromatic rings. The fourth-order valence-corrected chi connectivity index (χ4v) is 4.29. The van der Waals surface area contributed by atoms with Crippen LogP contribution in [-0.4, -0.2) is 37.4 Å². The molecular weight excluding hydrogens is 298 g/mol. The second-order valence-electron chi connectivity index (χ2n) is 6.45. The number of hydrogen-bond donors (Lipinski definition) is 1. The van der Waals surface area contributed by atoms with Crippen LogP contribution in [0.5, 0.6) is 0 Å². The molecule has 3 rings (SSSR count). The lowest BCUT2D eigenvalue weighted by Crippen LogP contribution is -2.40. The summed E-state index contributed by atoms with van der Waals surface area (Å²) in [7, 11) is 0. The molecule has 2 aliphatic rings. The van der Waals surface area contributed by atoms with E-state index in [2.05, 4.69) is 20.8 Å². The van der Waals surface area contributed by atoms with Crippen molar-refractivity contribution in [2.24, 2.45) is 0 Å². The van der Waals surface area contributed by atoms with Crippen LogP contribution in [0.15, 0.2) is 5.16 Å². The van der Waals surface area contributed by atoms with Crippen LogP contribution < -0.4 is 5.32 Å². The van der Waals surface area contributed by atoms with Gasteiger partial charge >= 0.3 is 0 Å². The minimum atomic E-state index is -0.159. The number of amides is 1. The van der Waals surface area contributed by atoms with E-state index >= 15 is 0 Å². The normalized spacial score (nSPS) is 21.9. The molecule has 0 aliphatic heterocycles. The van der Waals surface area contributed by atoms with Crippen molar-refractivity contribution in [3.05, 3.63) is 0 Å². The summed E-state index contributed by atoms with van der Waals surface area (Å²) in [5.74, 6) is 0.109. The van der Waals surface area contributed by atoms with E-state index in [-0.39, 0.29) is 11.2 Å². The third-order valence-electron chi connectivity index (χ3n) is 4.74. The van der Waals surface area contributed by atoms with Crippen molar-refractivity contribution in [2.75, 3.05) is 0 Å². The average Bonchev–Trinajstić information content (AvgIpc) is 3.18. The molecule has 0 spiro atoms. The molecule has 0 bridgehead atoms. The Morgan fingerprint density at radius 3 is 2.59 bits per heavy atom. The maximum Gasteiger partial charge on any atom is 0.233 e. The number of rotatable bonds is 5. The topological polar surface area (TPSA) is 72.7 Å². The SMILES string of the molecule is CC(Sc1nnnn1C1CCCC1)C(=O)NC1CCCCC1. The van der Waals surface area contributed by atoms with Crippen molar-refractivity contribution in [1.29, 1.82) is 0 Å². The zero-order valence-electron chi connectivity index (χ0n) is 13.2. The Kier molecular flexibility index (Phi) is 5.33. The van der Waals surface area contributed by atoms with Crippen molar-refractivity contribution in [3.63, 3.8) is 0 Å². The lowest BCUT2D eigenvalue weighted by Gasteiger charge is -2.24. The van der Waals surface area contributed by atoms with Crippen LogP contribution in [0, 0.1) is 0 Å². The standard InChI is InChI=1S/C15H25N5OS/c1-11(14(21)16-12-7-3-2-4-8-12)22-15-17-18-19-20(15)13-9-5-6-10-13/h11-13H,2-10H2,1H3,(H,16,21). The Bertz CT molecular complexity index is 494. The zero-order chi connectivity index (χ0) is 15.4. The van der Waals surface area contributed by atoms with Gasteiger partial charge in [-0.25, -0.2) is 4.68 Å². The van der Waals surface area contributed by atoms with Gasteiger partial charge in [0.2, 0.25) is 11.1 Å². The predicted molar refractivity (Wildman–Crippen MR) is 85.7 cm³/mol. The molecule has 2 fully saturated rings. The quantitative estimate of drug-likeness (QED) is 0.844. The lowest BCUT2D eigenvalue weighted by molar-refractivity contribution is -0.121. The van der Waals surface area contributed by atoms with E-state index in [1.165, 1.54) is 43.9 Å². The van der Waals surface area contributed by atoms with Gasteiger partial charge in [0.15, 0.2) is 0 Å². The number of nitrogens with one attached hydrogen (secondary N) is 1. The molecule has 0 aromatic carbocycles. The summed E-state index contributed by atoms with van der Waals surface area (Å²) in [4.78, 5) is 12.4. The maximum atomic E-state index is 12.4. The summed E-state index contributed by atoms with van der Waals surface area (Å²) >= 11 is 1.48. The van der Waals surface area contributed by atoms with Gasteiger partial charge < -0.3 is 5.32 Å². The molecule has 7 heteroatoms. The number of carbonyl (C=O) groups is 1. The van der Waals surface area contributed by atoms with Gasteiger partial charge in [-0.3, -0.25) is 4.79 Å². The average molecular weight is 323 g/mol. The highest BCUT2D eigenvalue weighted by Gasteiger charge is 2.25. The van der Waals surface area contributed by atoms with E-state index in [9.17, 15) is 4.79 Å². The van der Waals surface area contributed by atoms with Crippen LogP contribution >= 0.6 is 11.8 Å². The van der Waals surface area contributed by atoms with E-state index in [4.69, 9.17) is 0 Å². The predicted octanol–water partition coefficient (Wildman–Crippen LogP) is 2.72. The van der Waals surface area contributed by atoms with Crippen LogP contribution in [0.25, 0.3) is 0 Å². The van der Waals surface area contributed by atoms with E-state index in [1.807, 2.05) is 11.6 Å². The monoisotopic (exact) mass is 323 g/mol. The van der Waals surface area contributed by atoms with Gasteiger partial charge in [0.25, 0.3) is 0 Å². The van der Waals surface area contributed by atoms with E-state index in [1.54, 1.807) is 0 Å². The summed E-state index contributed by atoms with van der Waals surface area (Å²) in [5.41, 5.74) is 0. The van der Waals surface area contributed by atoms with Crippen LogP contribution in [0.4, 0.5) is 0 Å². The molecule has 1 aromatic heterocycles. The van der Waals surface area contributed by atoms with Gasteiger partial charge in [-0.05, 0) is 43.0 Å². The second-order valence-corrected chi connectivity index (χ2v) is 7.76. The van der Waals surface area contributed by atoms with E-state index in [0.717, 1.165) is 30.8 Å². The van der Waals surface area contributed by atoms with Gasteiger partial charge in [-0.1, -0.05) is 43.9 Å². The molecule has 2 aliphatic carbocycles. The first-order chi connectivity index (χ1) is 10.7. The molecule has 1 heterocycles. The van der Waals surface area contributed by atoms with Crippen LogP contribution in [0.2, 0.25) is 0 Å². The molecule has 122 valence electrons. The summed E-state index contributed by atoms with van der Waals surface area (Å²) in [6.45, 7) is 1.94. The number of carbonyl (C=O) groups excluding carboxylic acids is 1. The summed E-state index contributed by atoms with van der Waals surface area (Å²) in [6, 6.07) is 0.765. The number of aromatic nitrogens is 4. The summed E-state index contributed by atoms with van der Waals surface area (Å²) in [6.07, 6.45) is 10.7. The summed E-state index contributed by atoms with van der Waals surface area (Å²) in [5, 5.41) is 15.8. The van der Waals surface area contributed by atoms with Crippen molar-refractivity contribution in [2.45, 2.75) is 87.2 Å². The van der Waals surface area contributed by atoms with Crippen LogP contribution in [0.1, 0.15) is 70.8 Å². The van der Waals surface area contributed by atoms with Crippen molar-refractivity contribution in [3.8, 4) is 0 Å². The molecule has 1 unspecified atom stereocenters. The third kappa shape index (κ3) is 3.80. The van der Waals surface area contributed by atoms with Crippen molar-refractivity contribution in [1.82, 2.24) is 25.5 Å². The highest BCUT2D eigenvalue weighted by Crippen LogP contribution is 2.32. The minimum Gasteiger partial charge on any atom is -0.352 e. The van der Waals surface area contributed by atoms with Crippen molar-refractivity contribution >= 4 is 17.7 Å². The summed E-state index contributed by atoms with van der Waals surface area (Å²) < 4.78 is 1.92. The Morgan fingerprint density at radius 1 is 1.18 bits per heavy atom. The molecule has 6 nitrogen and oxygen atoms in total. The number of thioether (sulfide) groups is 1. The highest BCUT2D eigenvalue weighted by atomic mass is 32.2. The van der Waals surface area contributed by atoms with E-state index in [0.29, 0.717) is 12.1 Å². The zero-order valence-corrected chi connectivity index (χ0v) is 14.0. The fraction of sp³-hybridized carbons (Fsp3) is 0.867. The lowest BCUT2D eigenvalue weighted by atomic mass is 9.95. The first-order valence-electron chi connectivity index (χ1n) is 8.49. The molecule has 22 heavy (non-hydrogen) atoms. The van der Waals surface area contributed by atoms with Crippen LogP contribution in [0.3, 0.4) is 0 Å². The van der Waals surface area contributed by atoms with E-state index < -0.39 is 0 Å².